The maximum Gasteiger partial charge on any atom is 0.328 e. The Labute approximate surface area is 174 Å². The van der Waals surface area contributed by atoms with Crippen molar-refractivity contribution in [3.8, 4) is 11.1 Å². The Morgan fingerprint density at radius 3 is 2.30 bits per heavy atom. The van der Waals surface area contributed by atoms with Crippen molar-refractivity contribution >= 4 is 22.8 Å². The van der Waals surface area contributed by atoms with Gasteiger partial charge in [-0.15, -0.1) is 0 Å². The van der Waals surface area contributed by atoms with E-state index >= 15 is 0 Å². The van der Waals surface area contributed by atoms with Crippen LogP contribution in [0.4, 0.5) is 0 Å². The maximum absolute atomic E-state index is 12.8. The Bertz CT molecular complexity index is 1160. The highest BCUT2D eigenvalue weighted by atomic mass is 16.5. The zero-order valence-electron chi connectivity index (χ0n) is 16.6. The van der Waals surface area contributed by atoms with Gasteiger partial charge in [0.1, 0.15) is 6.04 Å². The van der Waals surface area contributed by atoms with Crippen molar-refractivity contribution in [1.82, 2.24) is 10.3 Å². The van der Waals surface area contributed by atoms with E-state index in [9.17, 15) is 9.59 Å². The lowest BCUT2D eigenvalue weighted by atomic mass is 10.0. The number of aromatic amines is 1. The third-order valence-electron chi connectivity index (χ3n) is 5.14. The predicted octanol–water partition coefficient (Wildman–Crippen LogP) is 4.35. The normalized spacial score (nSPS) is 11.8. The first-order chi connectivity index (χ1) is 14.7. The summed E-state index contributed by atoms with van der Waals surface area (Å²) in [6, 6.07) is 24.3. The second-order valence-corrected chi connectivity index (χ2v) is 7.06. The van der Waals surface area contributed by atoms with Crippen molar-refractivity contribution in [1.29, 1.82) is 0 Å². The van der Waals surface area contributed by atoms with Gasteiger partial charge in [-0.2, -0.15) is 0 Å². The molecule has 0 unspecified atom stereocenters. The molecule has 0 aliphatic heterocycles. The van der Waals surface area contributed by atoms with Crippen LogP contribution in [-0.2, 0) is 16.0 Å². The predicted molar refractivity (Wildman–Crippen MR) is 117 cm³/mol. The van der Waals surface area contributed by atoms with E-state index in [-0.39, 0.29) is 5.91 Å². The van der Waals surface area contributed by atoms with Gasteiger partial charge in [0.05, 0.1) is 7.11 Å². The van der Waals surface area contributed by atoms with E-state index < -0.39 is 12.0 Å². The topological polar surface area (TPSA) is 71.2 Å². The van der Waals surface area contributed by atoms with Gasteiger partial charge in [0.15, 0.2) is 0 Å². The number of benzene rings is 3. The average Bonchev–Trinajstić information content (AvgIpc) is 3.21. The summed E-state index contributed by atoms with van der Waals surface area (Å²) in [5.41, 5.74) is 4.52. The van der Waals surface area contributed by atoms with Crippen LogP contribution in [0.3, 0.4) is 0 Å². The van der Waals surface area contributed by atoms with Crippen molar-refractivity contribution in [2.75, 3.05) is 7.11 Å². The van der Waals surface area contributed by atoms with E-state index in [0.717, 1.165) is 27.6 Å². The zero-order valence-corrected chi connectivity index (χ0v) is 16.6. The lowest BCUT2D eigenvalue weighted by Crippen LogP contribution is -2.43. The SMILES string of the molecule is COC(=O)[C@@H](Cc1c[nH]c2ccccc12)NC(=O)c1ccc(-c2ccccc2)cc1. The lowest BCUT2D eigenvalue weighted by Gasteiger charge is -2.16. The van der Waals surface area contributed by atoms with Crippen molar-refractivity contribution < 1.29 is 14.3 Å². The number of esters is 1. The summed E-state index contributed by atoms with van der Waals surface area (Å²) in [6.45, 7) is 0. The highest BCUT2D eigenvalue weighted by Gasteiger charge is 2.24. The molecule has 1 aromatic heterocycles. The van der Waals surface area contributed by atoms with Crippen molar-refractivity contribution in [2.24, 2.45) is 0 Å². The van der Waals surface area contributed by atoms with Crippen molar-refractivity contribution in [3.63, 3.8) is 0 Å². The Hall–Kier alpha value is -3.86. The molecule has 4 rings (SSSR count). The molecule has 3 aromatic carbocycles. The highest BCUT2D eigenvalue weighted by Crippen LogP contribution is 2.21. The van der Waals surface area contributed by atoms with Crippen LogP contribution in [0.5, 0.6) is 0 Å². The molecule has 4 aromatic rings. The molecule has 0 fully saturated rings. The summed E-state index contributed by atoms with van der Waals surface area (Å²) < 4.78 is 4.92. The van der Waals surface area contributed by atoms with Crippen LogP contribution in [-0.4, -0.2) is 30.0 Å². The fraction of sp³-hybridized carbons (Fsp3) is 0.120. The molecule has 150 valence electrons. The molecular formula is C25H22N2O3. The number of methoxy groups -OCH3 is 1. The third kappa shape index (κ3) is 4.10. The number of hydrogen-bond acceptors (Lipinski definition) is 3. The third-order valence-corrected chi connectivity index (χ3v) is 5.14. The number of amides is 1. The highest BCUT2D eigenvalue weighted by molar-refractivity contribution is 5.97. The van der Waals surface area contributed by atoms with Gasteiger partial charge in [0, 0.05) is 29.1 Å². The molecule has 0 saturated heterocycles. The molecule has 1 heterocycles. The second kappa shape index (κ2) is 8.66. The number of aromatic nitrogens is 1. The first-order valence-electron chi connectivity index (χ1n) is 9.75. The number of nitrogens with one attached hydrogen (secondary N) is 2. The minimum atomic E-state index is -0.782. The zero-order chi connectivity index (χ0) is 20.9. The summed E-state index contributed by atoms with van der Waals surface area (Å²) >= 11 is 0. The van der Waals surface area contributed by atoms with Crippen LogP contribution < -0.4 is 5.32 Å². The standard InChI is InChI=1S/C25H22N2O3/c1-30-25(29)23(15-20-16-26-22-10-6-5-9-21(20)22)27-24(28)19-13-11-18(12-14-19)17-7-3-2-4-8-17/h2-14,16,23,26H,15H2,1H3,(H,27,28)/t23-/m1/s1. The molecule has 0 bridgehead atoms. The number of carbonyl (C=O) groups is 2. The Balaban J connectivity index is 1.51. The molecule has 2 N–H and O–H groups in total. The monoisotopic (exact) mass is 398 g/mol. The minimum Gasteiger partial charge on any atom is -0.467 e. The number of para-hydroxylation sites is 1. The fourth-order valence-corrected chi connectivity index (χ4v) is 3.54. The number of rotatable bonds is 6. The summed E-state index contributed by atoms with van der Waals surface area (Å²) in [5.74, 6) is -0.792. The number of H-pyrrole nitrogens is 1. The quantitative estimate of drug-likeness (QED) is 0.475. The van der Waals surface area contributed by atoms with Crippen LogP contribution >= 0.6 is 0 Å². The number of ether oxygens (including phenoxy) is 1. The van der Waals surface area contributed by atoms with E-state index in [0.29, 0.717) is 12.0 Å². The molecule has 0 aliphatic carbocycles. The van der Waals surface area contributed by atoms with Crippen molar-refractivity contribution in [3.05, 3.63) is 96.2 Å². The van der Waals surface area contributed by atoms with E-state index in [2.05, 4.69) is 10.3 Å². The summed E-state index contributed by atoms with van der Waals surface area (Å²) in [7, 11) is 1.32. The Kier molecular flexibility index (Phi) is 5.61. The Morgan fingerprint density at radius 2 is 1.57 bits per heavy atom. The van der Waals surface area contributed by atoms with Gasteiger partial charge in [0.2, 0.25) is 0 Å². The number of hydrogen-bond donors (Lipinski definition) is 2. The molecule has 0 saturated carbocycles. The first-order valence-corrected chi connectivity index (χ1v) is 9.75. The average molecular weight is 398 g/mol. The van der Waals surface area contributed by atoms with Gasteiger partial charge < -0.3 is 15.0 Å². The van der Waals surface area contributed by atoms with Crippen LogP contribution in [0, 0.1) is 0 Å². The summed E-state index contributed by atoms with van der Waals surface area (Å²) in [4.78, 5) is 28.3. The smallest absolute Gasteiger partial charge is 0.328 e. The van der Waals surface area contributed by atoms with E-state index in [1.807, 2.05) is 72.9 Å². The molecule has 0 radical (unpaired) electrons. The summed E-state index contributed by atoms with van der Waals surface area (Å²) in [6.07, 6.45) is 2.20. The molecular weight excluding hydrogens is 376 g/mol. The number of fused-ring (bicyclic) bond motifs is 1. The van der Waals surface area contributed by atoms with Crippen LogP contribution in [0.25, 0.3) is 22.0 Å². The van der Waals surface area contributed by atoms with E-state index in [1.165, 1.54) is 7.11 Å². The number of carbonyl (C=O) groups excluding carboxylic acids is 2. The molecule has 5 nitrogen and oxygen atoms in total. The van der Waals surface area contributed by atoms with Gasteiger partial charge in [-0.25, -0.2) is 4.79 Å². The van der Waals surface area contributed by atoms with Gasteiger partial charge in [-0.1, -0.05) is 60.7 Å². The molecule has 0 aliphatic rings. The molecule has 1 amide bonds. The lowest BCUT2D eigenvalue weighted by molar-refractivity contribution is -0.142. The van der Waals surface area contributed by atoms with Gasteiger partial charge in [0.25, 0.3) is 5.91 Å². The van der Waals surface area contributed by atoms with E-state index in [4.69, 9.17) is 4.74 Å². The minimum absolute atomic E-state index is 0.315. The second-order valence-electron chi connectivity index (χ2n) is 7.06. The molecule has 5 heteroatoms. The first kappa shape index (κ1) is 19.5. The largest absolute Gasteiger partial charge is 0.467 e. The van der Waals surface area contributed by atoms with Crippen LogP contribution in [0.2, 0.25) is 0 Å². The van der Waals surface area contributed by atoms with Crippen LogP contribution in [0.15, 0.2) is 85.1 Å². The molecule has 1 atom stereocenters. The maximum atomic E-state index is 12.8. The van der Waals surface area contributed by atoms with E-state index in [1.54, 1.807) is 12.1 Å². The Morgan fingerprint density at radius 1 is 0.900 bits per heavy atom. The van der Waals surface area contributed by atoms with Gasteiger partial charge in [-0.3, -0.25) is 4.79 Å². The van der Waals surface area contributed by atoms with Crippen molar-refractivity contribution in [2.45, 2.75) is 12.5 Å². The van der Waals surface area contributed by atoms with Gasteiger partial charge >= 0.3 is 5.97 Å². The van der Waals surface area contributed by atoms with Gasteiger partial charge in [-0.05, 0) is 34.9 Å². The summed E-state index contributed by atoms with van der Waals surface area (Å²) in [5, 5.41) is 3.84. The molecule has 30 heavy (non-hydrogen) atoms. The van der Waals surface area contributed by atoms with Crippen LogP contribution in [0.1, 0.15) is 15.9 Å². The molecule has 0 spiro atoms. The fourth-order valence-electron chi connectivity index (χ4n) is 3.54.